The molecule has 0 spiro atoms. The van der Waals surface area contributed by atoms with Gasteiger partial charge in [0.25, 0.3) is 5.91 Å². The Morgan fingerprint density at radius 1 is 1.10 bits per heavy atom. The van der Waals surface area contributed by atoms with Gasteiger partial charge >= 0.3 is 0 Å². The number of carbonyl (C=O) groups is 2. The van der Waals surface area contributed by atoms with Gasteiger partial charge in [0.1, 0.15) is 12.4 Å². The minimum Gasteiger partial charge on any atom is -0.394 e. The number of aliphatic hydroxyl groups excluding tert-OH is 1. The minimum atomic E-state index is -0.410. The second-order valence-electron chi connectivity index (χ2n) is 8.50. The first kappa shape index (κ1) is 19.8. The summed E-state index contributed by atoms with van der Waals surface area (Å²) in [5, 5.41) is 9.93. The average Bonchev–Trinajstić information content (AvgIpc) is 3.59. The lowest BCUT2D eigenvalue weighted by Crippen LogP contribution is -2.73. The summed E-state index contributed by atoms with van der Waals surface area (Å²) >= 11 is 0. The minimum absolute atomic E-state index is 0.0361. The van der Waals surface area contributed by atoms with Crippen molar-refractivity contribution in [3.05, 3.63) is 71.0 Å². The molecular formula is C25H23FN2O3. The number of fused-ring (bicyclic) bond motifs is 1. The van der Waals surface area contributed by atoms with E-state index in [1.807, 2.05) is 24.3 Å². The number of carbonyl (C=O) groups excluding carboxylic acids is 2. The van der Waals surface area contributed by atoms with E-state index in [0.29, 0.717) is 18.0 Å². The molecular weight excluding hydrogens is 395 g/mol. The van der Waals surface area contributed by atoms with E-state index in [1.165, 1.54) is 42.0 Å². The highest BCUT2D eigenvalue weighted by Crippen LogP contribution is 2.43. The summed E-state index contributed by atoms with van der Waals surface area (Å²) in [6.07, 6.45) is 2.37. The van der Waals surface area contributed by atoms with Crippen LogP contribution in [-0.4, -0.2) is 58.5 Å². The number of halogens is 1. The summed E-state index contributed by atoms with van der Waals surface area (Å²) in [4.78, 5) is 28.9. The van der Waals surface area contributed by atoms with Gasteiger partial charge in [-0.25, -0.2) is 4.39 Å². The highest BCUT2D eigenvalue weighted by Gasteiger charge is 2.54. The van der Waals surface area contributed by atoms with Gasteiger partial charge in [0.15, 0.2) is 0 Å². The van der Waals surface area contributed by atoms with Crippen molar-refractivity contribution in [2.45, 2.75) is 30.8 Å². The molecule has 2 amide bonds. The first-order valence-corrected chi connectivity index (χ1v) is 10.6. The Kier molecular flexibility index (Phi) is 4.99. The first-order valence-electron chi connectivity index (χ1n) is 10.6. The van der Waals surface area contributed by atoms with E-state index in [9.17, 15) is 19.1 Å². The summed E-state index contributed by atoms with van der Waals surface area (Å²) in [5.41, 5.74) is 2.34. The van der Waals surface area contributed by atoms with E-state index in [0.717, 1.165) is 11.1 Å². The number of aliphatic hydroxyl groups is 1. The fourth-order valence-corrected chi connectivity index (χ4v) is 4.63. The maximum atomic E-state index is 13.2. The van der Waals surface area contributed by atoms with Gasteiger partial charge in [0.05, 0.1) is 18.7 Å². The topological polar surface area (TPSA) is 60.9 Å². The lowest BCUT2D eigenvalue weighted by atomic mass is 9.73. The summed E-state index contributed by atoms with van der Waals surface area (Å²) in [5.74, 6) is 6.06. The SMILES string of the molecule is O=C(c1ccc(F)cc1)N1CC(=O)N2[C@H](C1)[C@@H](c1ccc(C#CC3CC3)cc1)[C@@H]2CO. The van der Waals surface area contributed by atoms with Gasteiger partial charge in [-0.05, 0) is 54.8 Å². The van der Waals surface area contributed by atoms with Crippen molar-refractivity contribution in [3.8, 4) is 11.8 Å². The molecule has 5 nitrogen and oxygen atoms in total. The van der Waals surface area contributed by atoms with E-state index < -0.39 is 5.82 Å². The molecule has 1 N–H and O–H groups in total. The lowest BCUT2D eigenvalue weighted by molar-refractivity contribution is -0.159. The molecule has 2 aliphatic heterocycles. The first-order chi connectivity index (χ1) is 15.0. The number of hydrogen-bond donors (Lipinski definition) is 1. The molecule has 0 bridgehead atoms. The van der Waals surface area contributed by atoms with Crippen molar-refractivity contribution in [2.24, 2.45) is 5.92 Å². The number of rotatable bonds is 3. The van der Waals surface area contributed by atoms with Crippen molar-refractivity contribution >= 4 is 11.8 Å². The molecule has 3 atom stereocenters. The van der Waals surface area contributed by atoms with Crippen molar-refractivity contribution in [3.63, 3.8) is 0 Å². The Hall–Kier alpha value is -3.17. The van der Waals surface area contributed by atoms with Gasteiger partial charge < -0.3 is 14.9 Å². The molecule has 2 heterocycles. The van der Waals surface area contributed by atoms with Crippen molar-refractivity contribution in [1.29, 1.82) is 0 Å². The molecule has 3 aliphatic rings. The zero-order chi connectivity index (χ0) is 21.5. The number of nitrogens with zero attached hydrogens (tertiary/aromatic N) is 2. The summed E-state index contributed by atoms with van der Waals surface area (Å²) < 4.78 is 13.2. The fraction of sp³-hybridized carbons (Fsp3) is 0.360. The van der Waals surface area contributed by atoms with E-state index >= 15 is 0 Å². The third-order valence-corrected chi connectivity index (χ3v) is 6.42. The van der Waals surface area contributed by atoms with Crippen LogP contribution in [0.1, 0.15) is 40.2 Å². The maximum absolute atomic E-state index is 13.2. The van der Waals surface area contributed by atoms with Gasteiger partial charge in [0.2, 0.25) is 5.91 Å². The molecule has 2 aromatic rings. The Bertz CT molecular complexity index is 1070. The van der Waals surface area contributed by atoms with Crippen LogP contribution in [-0.2, 0) is 4.79 Å². The van der Waals surface area contributed by atoms with Gasteiger partial charge in [-0.3, -0.25) is 9.59 Å². The molecule has 5 rings (SSSR count). The van der Waals surface area contributed by atoms with E-state index in [2.05, 4.69) is 11.8 Å². The molecule has 0 aromatic heterocycles. The smallest absolute Gasteiger partial charge is 0.254 e. The highest BCUT2D eigenvalue weighted by molar-refractivity contribution is 5.97. The Morgan fingerprint density at radius 2 is 1.81 bits per heavy atom. The second kappa shape index (κ2) is 7.82. The van der Waals surface area contributed by atoms with Crippen LogP contribution >= 0.6 is 0 Å². The largest absolute Gasteiger partial charge is 0.394 e. The zero-order valence-corrected chi connectivity index (χ0v) is 17.0. The molecule has 1 saturated carbocycles. The summed E-state index contributed by atoms with van der Waals surface area (Å²) in [7, 11) is 0. The molecule has 3 fully saturated rings. The predicted molar refractivity (Wildman–Crippen MR) is 113 cm³/mol. The van der Waals surface area contributed by atoms with Crippen LogP contribution in [0.25, 0.3) is 0 Å². The van der Waals surface area contributed by atoms with Crippen molar-refractivity contribution in [2.75, 3.05) is 19.7 Å². The van der Waals surface area contributed by atoms with Gasteiger partial charge in [-0.2, -0.15) is 0 Å². The number of piperazine rings is 1. The van der Waals surface area contributed by atoms with E-state index in [4.69, 9.17) is 0 Å². The highest BCUT2D eigenvalue weighted by atomic mass is 19.1. The molecule has 2 aromatic carbocycles. The number of benzene rings is 2. The van der Waals surface area contributed by atoms with Crippen LogP contribution < -0.4 is 0 Å². The quantitative estimate of drug-likeness (QED) is 0.779. The van der Waals surface area contributed by atoms with E-state index in [1.54, 1.807) is 4.90 Å². The second-order valence-corrected chi connectivity index (χ2v) is 8.50. The van der Waals surface area contributed by atoms with Gasteiger partial charge in [-0.1, -0.05) is 24.0 Å². The van der Waals surface area contributed by atoms with Crippen molar-refractivity contribution in [1.82, 2.24) is 9.80 Å². The number of hydrogen-bond acceptors (Lipinski definition) is 3. The third-order valence-electron chi connectivity index (χ3n) is 6.42. The summed E-state index contributed by atoms with van der Waals surface area (Å²) in [6, 6.07) is 12.9. The van der Waals surface area contributed by atoms with Crippen molar-refractivity contribution < 1.29 is 19.1 Å². The normalized spacial score (nSPS) is 24.7. The fourth-order valence-electron chi connectivity index (χ4n) is 4.63. The van der Waals surface area contributed by atoms with Crippen LogP contribution in [0.5, 0.6) is 0 Å². The summed E-state index contributed by atoms with van der Waals surface area (Å²) in [6.45, 7) is 0.222. The monoisotopic (exact) mass is 418 g/mol. The molecule has 2 saturated heterocycles. The molecule has 1 aliphatic carbocycles. The average molecular weight is 418 g/mol. The third kappa shape index (κ3) is 3.70. The standard InChI is InChI=1S/C25H23FN2O3/c26-20-11-9-19(10-12-20)25(31)27-13-21-24(22(15-29)28(21)23(30)14-27)18-7-5-17(6-8-18)4-3-16-1-2-16/h5-12,16,21-22,24,29H,1-2,13-15H2/t21-,22+,24-/m1/s1. The van der Waals surface area contributed by atoms with E-state index in [-0.39, 0.29) is 43.0 Å². The molecule has 6 heteroatoms. The van der Waals surface area contributed by atoms with Crippen LogP contribution in [0, 0.1) is 23.6 Å². The van der Waals surface area contributed by atoms with Gasteiger partial charge in [-0.15, -0.1) is 0 Å². The Labute approximate surface area is 180 Å². The Morgan fingerprint density at radius 3 is 2.45 bits per heavy atom. The molecule has 31 heavy (non-hydrogen) atoms. The molecule has 0 radical (unpaired) electrons. The maximum Gasteiger partial charge on any atom is 0.254 e. The lowest BCUT2D eigenvalue weighted by Gasteiger charge is -2.58. The molecule has 158 valence electrons. The predicted octanol–water partition coefficient (Wildman–Crippen LogP) is 2.40. The number of amides is 2. The molecule has 0 unspecified atom stereocenters. The Balaban J connectivity index is 1.35. The van der Waals surface area contributed by atoms with Crippen LogP contribution in [0.3, 0.4) is 0 Å². The van der Waals surface area contributed by atoms with Gasteiger partial charge in [0, 0.05) is 29.5 Å². The van der Waals surface area contributed by atoms with Crippen LogP contribution in [0.15, 0.2) is 48.5 Å². The van der Waals surface area contributed by atoms with Crippen LogP contribution in [0.2, 0.25) is 0 Å². The van der Waals surface area contributed by atoms with Crippen LogP contribution in [0.4, 0.5) is 4.39 Å². The zero-order valence-electron chi connectivity index (χ0n) is 17.0.